The lowest BCUT2D eigenvalue weighted by atomic mass is 9.83. The first-order valence-corrected chi connectivity index (χ1v) is 8.29. The fourth-order valence-corrected chi connectivity index (χ4v) is 3.85. The van der Waals surface area contributed by atoms with Crippen LogP contribution >= 0.6 is 0 Å². The van der Waals surface area contributed by atoms with Crippen molar-refractivity contribution >= 4 is 5.69 Å². The first-order valence-electron chi connectivity index (χ1n) is 8.29. The third kappa shape index (κ3) is 2.95. The minimum atomic E-state index is -0.180. The summed E-state index contributed by atoms with van der Waals surface area (Å²) >= 11 is 0. The van der Waals surface area contributed by atoms with E-state index in [4.69, 9.17) is 4.74 Å². The van der Waals surface area contributed by atoms with Gasteiger partial charge in [-0.15, -0.1) is 0 Å². The Morgan fingerprint density at radius 2 is 1.91 bits per heavy atom. The Morgan fingerprint density at radius 1 is 1.13 bits per heavy atom. The number of hydrogen-bond donors (Lipinski definition) is 0. The molecule has 2 aromatic rings. The van der Waals surface area contributed by atoms with Gasteiger partial charge in [-0.3, -0.25) is 4.98 Å². The van der Waals surface area contributed by atoms with Crippen molar-refractivity contribution in [2.24, 2.45) is 0 Å². The maximum Gasteiger partial charge on any atom is 0.123 e. The van der Waals surface area contributed by atoms with Crippen LogP contribution < -0.4 is 4.90 Å². The number of nitrogens with zero attached hydrogens (tertiary/aromatic N) is 2. The molecule has 3 heterocycles. The molecule has 2 fully saturated rings. The van der Waals surface area contributed by atoms with E-state index in [0.29, 0.717) is 5.92 Å². The van der Waals surface area contributed by atoms with Gasteiger partial charge in [0.1, 0.15) is 5.82 Å². The molecule has 23 heavy (non-hydrogen) atoms. The van der Waals surface area contributed by atoms with E-state index in [9.17, 15) is 4.39 Å². The molecule has 1 aromatic carbocycles. The normalized spacial score (nSPS) is 23.3. The molecule has 0 saturated carbocycles. The number of piperidine rings is 1. The van der Waals surface area contributed by atoms with E-state index in [1.165, 1.54) is 17.7 Å². The number of rotatable bonds is 2. The van der Waals surface area contributed by atoms with Gasteiger partial charge in [-0.05, 0) is 55.2 Å². The predicted octanol–water partition coefficient (Wildman–Crippen LogP) is 3.76. The molecule has 1 atom stereocenters. The van der Waals surface area contributed by atoms with Crippen LogP contribution in [0.15, 0.2) is 48.8 Å². The third-order valence-electron chi connectivity index (χ3n) is 5.23. The molecular weight excluding hydrogens is 291 g/mol. The van der Waals surface area contributed by atoms with Crippen molar-refractivity contribution in [2.45, 2.75) is 30.8 Å². The lowest BCUT2D eigenvalue weighted by Crippen LogP contribution is -2.44. The van der Waals surface area contributed by atoms with Gasteiger partial charge in [-0.1, -0.05) is 6.07 Å². The molecule has 3 nitrogen and oxygen atoms in total. The number of aromatic nitrogens is 1. The minimum Gasteiger partial charge on any atom is -0.374 e. The third-order valence-corrected chi connectivity index (χ3v) is 5.23. The monoisotopic (exact) mass is 312 g/mol. The summed E-state index contributed by atoms with van der Waals surface area (Å²) in [7, 11) is 0. The Labute approximate surface area is 136 Å². The van der Waals surface area contributed by atoms with E-state index in [-0.39, 0.29) is 11.4 Å². The van der Waals surface area contributed by atoms with Crippen molar-refractivity contribution in [1.82, 2.24) is 4.98 Å². The summed E-state index contributed by atoms with van der Waals surface area (Å²) in [5, 5.41) is 0. The molecule has 120 valence electrons. The van der Waals surface area contributed by atoms with Gasteiger partial charge in [0.25, 0.3) is 0 Å². The van der Waals surface area contributed by atoms with Gasteiger partial charge in [0, 0.05) is 37.1 Å². The summed E-state index contributed by atoms with van der Waals surface area (Å²) in [6, 6.07) is 10.9. The fourth-order valence-electron chi connectivity index (χ4n) is 3.85. The van der Waals surface area contributed by atoms with Crippen LogP contribution in [0.1, 0.15) is 30.7 Å². The number of benzene rings is 1. The molecule has 0 N–H and O–H groups in total. The first-order chi connectivity index (χ1) is 11.2. The lowest BCUT2D eigenvalue weighted by Gasteiger charge is -2.39. The second-order valence-corrected chi connectivity index (χ2v) is 6.64. The van der Waals surface area contributed by atoms with Crippen LogP contribution in [0.25, 0.3) is 0 Å². The smallest absolute Gasteiger partial charge is 0.123 e. The molecule has 0 amide bonds. The van der Waals surface area contributed by atoms with E-state index < -0.39 is 0 Å². The summed E-state index contributed by atoms with van der Waals surface area (Å²) in [4.78, 5) is 6.55. The topological polar surface area (TPSA) is 25.4 Å². The Kier molecular flexibility index (Phi) is 3.77. The number of halogens is 1. The Hall–Kier alpha value is -1.94. The number of ether oxygens (including phenoxy) is 1. The molecule has 4 rings (SSSR count). The predicted molar refractivity (Wildman–Crippen MR) is 88.1 cm³/mol. The van der Waals surface area contributed by atoms with Gasteiger partial charge in [-0.25, -0.2) is 4.39 Å². The summed E-state index contributed by atoms with van der Waals surface area (Å²) in [5.41, 5.74) is 2.39. The quantitative estimate of drug-likeness (QED) is 0.844. The van der Waals surface area contributed by atoms with Gasteiger partial charge < -0.3 is 9.64 Å². The summed E-state index contributed by atoms with van der Waals surface area (Å²) in [5.74, 6) is 0.279. The summed E-state index contributed by atoms with van der Waals surface area (Å²) < 4.78 is 19.3. The summed E-state index contributed by atoms with van der Waals surface area (Å²) in [6.07, 6.45) is 6.91. The number of hydrogen-bond acceptors (Lipinski definition) is 3. The Morgan fingerprint density at radius 3 is 2.61 bits per heavy atom. The van der Waals surface area contributed by atoms with Gasteiger partial charge in [0.15, 0.2) is 0 Å². The Bertz CT molecular complexity index is 651. The van der Waals surface area contributed by atoms with Crippen LogP contribution in [0.5, 0.6) is 0 Å². The van der Waals surface area contributed by atoms with Crippen molar-refractivity contribution in [3.63, 3.8) is 0 Å². The van der Waals surface area contributed by atoms with Crippen molar-refractivity contribution in [3.8, 4) is 0 Å². The molecule has 2 saturated heterocycles. The molecule has 0 radical (unpaired) electrons. The van der Waals surface area contributed by atoms with E-state index in [1.807, 2.05) is 30.6 Å². The van der Waals surface area contributed by atoms with E-state index in [1.54, 1.807) is 0 Å². The highest BCUT2D eigenvalue weighted by Crippen LogP contribution is 2.43. The molecular formula is C19H21FN2O. The molecule has 0 aliphatic carbocycles. The highest BCUT2D eigenvalue weighted by atomic mass is 19.1. The molecule has 1 spiro atoms. The molecule has 0 bridgehead atoms. The zero-order valence-electron chi connectivity index (χ0n) is 13.1. The number of pyridine rings is 1. The van der Waals surface area contributed by atoms with Crippen molar-refractivity contribution in [3.05, 3.63) is 60.2 Å². The van der Waals surface area contributed by atoms with Gasteiger partial charge in [0.05, 0.1) is 12.2 Å². The summed E-state index contributed by atoms with van der Waals surface area (Å²) in [6.45, 7) is 2.72. The maximum atomic E-state index is 13.1. The van der Waals surface area contributed by atoms with Gasteiger partial charge in [-0.2, -0.15) is 0 Å². The largest absolute Gasteiger partial charge is 0.374 e. The lowest BCUT2D eigenvalue weighted by molar-refractivity contribution is -0.0148. The fraction of sp³-hybridized carbons (Fsp3) is 0.421. The van der Waals surface area contributed by atoms with Crippen LogP contribution in [0.2, 0.25) is 0 Å². The SMILES string of the molecule is Fc1ccc(N2CCC3(CC2)CC(c2cccnc2)CO3)cc1. The van der Waals surface area contributed by atoms with Crippen LogP contribution in [-0.4, -0.2) is 30.3 Å². The second kappa shape index (κ2) is 5.93. The van der Waals surface area contributed by atoms with Crippen LogP contribution in [0, 0.1) is 5.82 Å². The van der Waals surface area contributed by atoms with E-state index >= 15 is 0 Å². The maximum absolute atomic E-state index is 13.1. The van der Waals surface area contributed by atoms with Crippen molar-refractivity contribution in [2.75, 3.05) is 24.6 Å². The highest BCUT2D eigenvalue weighted by molar-refractivity contribution is 5.46. The highest BCUT2D eigenvalue weighted by Gasteiger charge is 2.43. The minimum absolute atomic E-state index is 0.0110. The molecule has 1 aromatic heterocycles. The standard InChI is InChI=1S/C19H21FN2O/c20-17-3-5-18(6-4-17)22-10-7-19(8-11-22)12-16(14-23-19)15-2-1-9-21-13-15/h1-6,9,13,16H,7-8,10-12,14H2. The van der Waals surface area contributed by atoms with Crippen LogP contribution in [-0.2, 0) is 4.74 Å². The second-order valence-electron chi connectivity index (χ2n) is 6.64. The first kappa shape index (κ1) is 14.6. The molecule has 4 heteroatoms. The van der Waals surface area contributed by atoms with Gasteiger partial charge >= 0.3 is 0 Å². The number of anilines is 1. The molecule has 2 aliphatic rings. The van der Waals surface area contributed by atoms with Crippen LogP contribution in [0.3, 0.4) is 0 Å². The van der Waals surface area contributed by atoms with Crippen molar-refractivity contribution < 1.29 is 9.13 Å². The van der Waals surface area contributed by atoms with E-state index in [0.717, 1.165) is 44.6 Å². The zero-order chi connectivity index (χ0) is 15.7. The van der Waals surface area contributed by atoms with E-state index in [2.05, 4.69) is 16.0 Å². The average Bonchev–Trinajstić information content (AvgIpc) is 3.01. The van der Waals surface area contributed by atoms with Gasteiger partial charge in [0.2, 0.25) is 0 Å². The Balaban J connectivity index is 1.40. The molecule has 2 aliphatic heterocycles. The average molecular weight is 312 g/mol. The zero-order valence-corrected chi connectivity index (χ0v) is 13.1. The molecule has 1 unspecified atom stereocenters. The van der Waals surface area contributed by atoms with Crippen molar-refractivity contribution in [1.29, 1.82) is 0 Å². The van der Waals surface area contributed by atoms with Crippen LogP contribution in [0.4, 0.5) is 10.1 Å².